The molecule has 0 spiro atoms. The van der Waals surface area contributed by atoms with E-state index in [1.807, 2.05) is 25.1 Å². The number of benzene rings is 1. The highest BCUT2D eigenvalue weighted by Gasteiger charge is 2.33. The Bertz CT molecular complexity index is 975. The molecule has 1 fully saturated rings. The molecule has 0 saturated carbocycles. The Hall–Kier alpha value is -2.32. The molecule has 1 N–H and O–H groups in total. The summed E-state index contributed by atoms with van der Waals surface area (Å²) < 4.78 is 12.7. The first-order valence-electron chi connectivity index (χ1n) is 9.52. The van der Waals surface area contributed by atoms with E-state index in [-0.39, 0.29) is 11.9 Å². The number of piperidine rings is 1. The predicted molar refractivity (Wildman–Crippen MR) is 109 cm³/mol. The SMILES string of the molecule is COc1ccc(OC)c([C@H](c2sc3nc(C)nn3c2O)N2CCC(C)CC2)c1. The molecule has 8 heteroatoms. The van der Waals surface area contributed by atoms with Gasteiger partial charge in [0, 0.05) is 5.56 Å². The molecule has 3 aromatic rings. The Labute approximate surface area is 168 Å². The fourth-order valence-corrected chi connectivity index (χ4v) is 5.02. The molecule has 0 radical (unpaired) electrons. The van der Waals surface area contributed by atoms with Gasteiger partial charge in [-0.3, -0.25) is 4.90 Å². The van der Waals surface area contributed by atoms with Gasteiger partial charge in [0.2, 0.25) is 10.8 Å². The molecule has 0 amide bonds. The number of thiazole rings is 1. The van der Waals surface area contributed by atoms with E-state index in [2.05, 4.69) is 21.9 Å². The molecular formula is C20H26N4O3S. The minimum absolute atomic E-state index is 0.147. The van der Waals surface area contributed by atoms with E-state index in [1.165, 1.54) is 15.9 Å². The normalized spacial score (nSPS) is 17.1. The van der Waals surface area contributed by atoms with Crippen LogP contribution in [-0.2, 0) is 0 Å². The molecule has 2 aromatic heterocycles. The number of aryl methyl sites for hydroxylation is 1. The lowest BCUT2D eigenvalue weighted by atomic mass is 9.94. The summed E-state index contributed by atoms with van der Waals surface area (Å²) in [6.45, 7) is 6.03. The minimum atomic E-state index is -0.147. The second kappa shape index (κ2) is 7.60. The van der Waals surface area contributed by atoms with Crippen LogP contribution in [0.15, 0.2) is 18.2 Å². The second-order valence-electron chi connectivity index (χ2n) is 7.37. The number of aromatic hydroxyl groups is 1. The monoisotopic (exact) mass is 402 g/mol. The zero-order chi connectivity index (χ0) is 19.8. The number of likely N-dealkylation sites (tertiary alicyclic amines) is 1. The molecule has 0 aliphatic carbocycles. The summed E-state index contributed by atoms with van der Waals surface area (Å²) in [6, 6.07) is 5.67. The van der Waals surface area contributed by atoms with E-state index in [9.17, 15) is 5.11 Å². The Morgan fingerprint density at radius 2 is 1.96 bits per heavy atom. The molecule has 1 saturated heterocycles. The second-order valence-corrected chi connectivity index (χ2v) is 8.38. The van der Waals surface area contributed by atoms with Gasteiger partial charge < -0.3 is 14.6 Å². The van der Waals surface area contributed by atoms with Crippen molar-refractivity contribution in [3.63, 3.8) is 0 Å². The number of nitrogens with zero attached hydrogens (tertiary/aromatic N) is 4. The Kier molecular flexibility index (Phi) is 5.16. The lowest BCUT2D eigenvalue weighted by molar-refractivity contribution is 0.155. The third-order valence-electron chi connectivity index (χ3n) is 5.47. The van der Waals surface area contributed by atoms with Crippen LogP contribution in [0.3, 0.4) is 0 Å². The van der Waals surface area contributed by atoms with Crippen molar-refractivity contribution in [1.29, 1.82) is 0 Å². The quantitative estimate of drug-likeness (QED) is 0.702. The van der Waals surface area contributed by atoms with Gasteiger partial charge in [0.15, 0.2) is 0 Å². The van der Waals surface area contributed by atoms with E-state index in [0.717, 1.165) is 47.9 Å². The van der Waals surface area contributed by atoms with Crippen molar-refractivity contribution >= 4 is 16.3 Å². The van der Waals surface area contributed by atoms with E-state index < -0.39 is 0 Å². The molecule has 0 bridgehead atoms. The van der Waals surface area contributed by atoms with Crippen LogP contribution in [-0.4, -0.2) is 51.9 Å². The molecule has 1 aliphatic heterocycles. The van der Waals surface area contributed by atoms with Crippen LogP contribution in [0.1, 0.15) is 42.1 Å². The van der Waals surface area contributed by atoms with Gasteiger partial charge in [0.1, 0.15) is 17.3 Å². The van der Waals surface area contributed by atoms with E-state index >= 15 is 0 Å². The predicted octanol–water partition coefficient (Wildman–Crippen LogP) is 3.64. The smallest absolute Gasteiger partial charge is 0.230 e. The molecule has 0 unspecified atom stereocenters. The molecule has 3 heterocycles. The molecule has 4 rings (SSSR count). The molecule has 150 valence electrons. The molecule has 1 aromatic carbocycles. The third-order valence-corrected chi connectivity index (χ3v) is 6.54. The highest BCUT2D eigenvalue weighted by molar-refractivity contribution is 7.17. The van der Waals surface area contributed by atoms with Crippen LogP contribution in [0.5, 0.6) is 17.4 Å². The van der Waals surface area contributed by atoms with Gasteiger partial charge in [-0.25, -0.2) is 4.98 Å². The number of fused-ring (bicyclic) bond motifs is 1. The van der Waals surface area contributed by atoms with Crippen molar-refractivity contribution in [2.24, 2.45) is 5.92 Å². The van der Waals surface area contributed by atoms with Gasteiger partial charge in [0.25, 0.3) is 0 Å². The number of aromatic nitrogens is 3. The highest BCUT2D eigenvalue weighted by Crippen LogP contribution is 2.44. The first-order chi connectivity index (χ1) is 13.5. The van der Waals surface area contributed by atoms with Crippen molar-refractivity contribution in [3.8, 4) is 17.4 Å². The van der Waals surface area contributed by atoms with Gasteiger partial charge in [-0.05, 0) is 57.0 Å². The van der Waals surface area contributed by atoms with Crippen molar-refractivity contribution < 1.29 is 14.6 Å². The molecule has 7 nitrogen and oxygen atoms in total. The van der Waals surface area contributed by atoms with Crippen molar-refractivity contribution in [3.05, 3.63) is 34.5 Å². The van der Waals surface area contributed by atoms with Gasteiger partial charge >= 0.3 is 0 Å². The van der Waals surface area contributed by atoms with Crippen molar-refractivity contribution in [2.45, 2.75) is 32.7 Å². The zero-order valence-corrected chi connectivity index (χ0v) is 17.5. The van der Waals surface area contributed by atoms with Gasteiger partial charge in [0.05, 0.1) is 25.1 Å². The van der Waals surface area contributed by atoms with Crippen molar-refractivity contribution in [2.75, 3.05) is 27.3 Å². The summed E-state index contributed by atoms with van der Waals surface area (Å²) in [5.41, 5.74) is 0.980. The van der Waals surface area contributed by atoms with E-state index in [1.54, 1.807) is 14.2 Å². The van der Waals surface area contributed by atoms with Crippen molar-refractivity contribution in [1.82, 2.24) is 19.5 Å². The largest absolute Gasteiger partial charge is 0.497 e. The Morgan fingerprint density at radius 3 is 2.61 bits per heavy atom. The zero-order valence-electron chi connectivity index (χ0n) is 16.7. The Balaban J connectivity index is 1.87. The van der Waals surface area contributed by atoms with Gasteiger partial charge in [-0.1, -0.05) is 18.3 Å². The summed E-state index contributed by atoms with van der Waals surface area (Å²) in [6.07, 6.45) is 2.26. The van der Waals surface area contributed by atoms with Crippen LogP contribution in [0.2, 0.25) is 0 Å². The molecular weight excluding hydrogens is 376 g/mol. The summed E-state index contributed by atoms with van der Waals surface area (Å²) in [5, 5.41) is 15.3. The third kappa shape index (κ3) is 3.31. The summed E-state index contributed by atoms with van der Waals surface area (Å²) in [4.78, 5) is 8.38. The summed E-state index contributed by atoms with van der Waals surface area (Å²) in [7, 11) is 3.33. The van der Waals surface area contributed by atoms with E-state index in [0.29, 0.717) is 16.7 Å². The Morgan fingerprint density at radius 1 is 1.21 bits per heavy atom. The summed E-state index contributed by atoms with van der Waals surface area (Å²) in [5.74, 6) is 3.05. The number of methoxy groups -OCH3 is 2. The highest BCUT2D eigenvalue weighted by atomic mass is 32.1. The lowest BCUT2D eigenvalue weighted by Crippen LogP contribution is -2.36. The van der Waals surface area contributed by atoms with Crippen LogP contribution < -0.4 is 9.47 Å². The first-order valence-corrected chi connectivity index (χ1v) is 10.3. The fourth-order valence-electron chi connectivity index (χ4n) is 3.87. The first kappa shape index (κ1) is 19.0. The maximum Gasteiger partial charge on any atom is 0.230 e. The maximum absolute atomic E-state index is 11.0. The van der Waals surface area contributed by atoms with Crippen LogP contribution >= 0.6 is 11.3 Å². The van der Waals surface area contributed by atoms with Gasteiger partial charge in [-0.15, -0.1) is 5.10 Å². The number of hydrogen-bond acceptors (Lipinski definition) is 7. The van der Waals surface area contributed by atoms with Crippen LogP contribution in [0, 0.1) is 12.8 Å². The standard InChI is InChI=1S/C20H26N4O3S/c1-12-7-9-23(10-8-12)17(15-11-14(26-3)5-6-16(15)27-4)18-19(25)24-20(28-18)21-13(2)22-24/h5-6,11-12,17,25H,7-10H2,1-4H3/t17-/m1/s1. The topological polar surface area (TPSA) is 72.1 Å². The number of hydrogen-bond donors (Lipinski definition) is 1. The number of rotatable bonds is 5. The molecule has 1 atom stereocenters. The summed E-state index contributed by atoms with van der Waals surface area (Å²) >= 11 is 1.48. The molecule has 1 aliphatic rings. The fraction of sp³-hybridized carbons (Fsp3) is 0.500. The average molecular weight is 403 g/mol. The van der Waals surface area contributed by atoms with E-state index in [4.69, 9.17) is 9.47 Å². The van der Waals surface area contributed by atoms with Crippen LogP contribution in [0.4, 0.5) is 0 Å². The number of ether oxygens (including phenoxy) is 2. The van der Waals surface area contributed by atoms with Gasteiger partial charge in [-0.2, -0.15) is 4.52 Å². The lowest BCUT2D eigenvalue weighted by Gasteiger charge is -2.37. The maximum atomic E-state index is 11.0. The molecule has 28 heavy (non-hydrogen) atoms. The minimum Gasteiger partial charge on any atom is -0.497 e. The average Bonchev–Trinajstić information content (AvgIpc) is 3.21. The van der Waals surface area contributed by atoms with Crippen LogP contribution in [0.25, 0.3) is 4.96 Å².